The van der Waals surface area contributed by atoms with E-state index in [-0.39, 0.29) is 9.52 Å². The molecule has 0 fully saturated rings. The third-order valence-electron chi connectivity index (χ3n) is 0.926. The van der Waals surface area contributed by atoms with Crippen molar-refractivity contribution in [3.63, 3.8) is 0 Å². The highest BCUT2D eigenvalue weighted by Gasteiger charge is 1.87. The van der Waals surface area contributed by atoms with E-state index >= 15 is 0 Å². The summed E-state index contributed by atoms with van der Waals surface area (Å²) in [6.07, 6.45) is 1.70. The Morgan fingerprint density at radius 3 is 3.12 bits per heavy atom. The zero-order valence-corrected chi connectivity index (χ0v) is 6.05. The third kappa shape index (κ3) is 1.10. The Morgan fingerprint density at radius 2 is 2.62 bits per heavy atom. The third-order valence-corrected chi connectivity index (χ3v) is 2.02. The van der Waals surface area contributed by atoms with Crippen molar-refractivity contribution in [2.45, 2.75) is 0 Å². The average molecular weight is 124 g/mol. The van der Waals surface area contributed by atoms with E-state index < -0.39 is 0 Å². The summed E-state index contributed by atoms with van der Waals surface area (Å²) in [4.78, 5) is 0. The van der Waals surface area contributed by atoms with Gasteiger partial charge in [-0.25, -0.2) is 0 Å². The standard InChI is InChI=1S/C6H8OSi/c1-2-8-6-4-3-5-7-6/h2-5H,1,8H2. The van der Waals surface area contributed by atoms with Gasteiger partial charge in [-0.15, -0.1) is 12.3 Å². The summed E-state index contributed by atoms with van der Waals surface area (Å²) in [5, 5.41) is 1.11. The lowest BCUT2D eigenvalue weighted by Gasteiger charge is -1.80. The highest BCUT2D eigenvalue weighted by Crippen LogP contribution is 1.79. The van der Waals surface area contributed by atoms with Gasteiger partial charge in [0.05, 0.1) is 11.6 Å². The summed E-state index contributed by atoms with van der Waals surface area (Å²) >= 11 is 0. The molecule has 8 heavy (non-hydrogen) atoms. The predicted octanol–water partition coefficient (Wildman–Crippen LogP) is 0.217. The lowest BCUT2D eigenvalue weighted by molar-refractivity contribution is 0.601. The minimum atomic E-state index is -0.262. The van der Waals surface area contributed by atoms with Crippen molar-refractivity contribution >= 4 is 14.9 Å². The molecule has 0 saturated heterocycles. The summed E-state index contributed by atoms with van der Waals surface area (Å²) in [6.45, 7) is 3.64. The highest BCUT2D eigenvalue weighted by atomic mass is 28.2. The smallest absolute Gasteiger partial charge is 0.123 e. The van der Waals surface area contributed by atoms with Crippen LogP contribution < -0.4 is 5.38 Å². The van der Waals surface area contributed by atoms with Crippen molar-refractivity contribution < 1.29 is 4.42 Å². The van der Waals surface area contributed by atoms with Crippen LogP contribution >= 0.6 is 0 Å². The molecule has 42 valence electrons. The molecule has 0 spiro atoms. The van der Waals surface area contributed by atoms with Gasteiger partial charge in [0.1, 0.15) is 9.52 Å². The topological polar surface area (TPSA) is 13.1 Å². The lowest BCUT2D eigenvalue weighted by Crippen LogP contribution is -2.06. The number of hydrogen-bond donors (Lipinski definition) is 0. The van der Waals surface area contributed by atoms with Crippen LogP contribution in [0.5, 0.6) is 0 Å². The molecule has 1 rings (SSSR count). The Kier molecular flexibility index (Phi) is 1.69. The van der Waals surface area contributed by atoms with Crippen LogP contribution in [0, 0.1) is 0 Å². The van der Waals surface area contributed by atoms with Gasteiger partial charge in [0.25, 0.3) is 0 Å². The SMILES string of the molecule is C=C[SiH2]c1ccco1. The Balaban J connectivity index is 2.62. The first-order valence-corrected chi connectivity index (χ1v) is 4.09. The van der Waals surface area contributed by atoms with Gasteiger partial charge in [-0.05, 0) is 12.1 Å². The molecule has 0 radical (unpaired) electrons. The van der Waals surface area contributed by atoms with Crippen molar-refractivity contribution in [3.05, 3.63) is 30.7 Å². The van der Waals surface area contributed by atoms with Crippen molar-refractivity contribution in [1.29, 1.82) is 0 Å². The highest BCUT2D eigenvalue weighted by molar-refractivity contribution is 6.56. The molecule has 0 N–H and O–H groups in total. The van der Waals surface area contributed by atoms with Crippen molar-refractivity contribution in [1.82, 2.24) is 0 Å². The quantitative estimate of drug-likeness (QED) is 0.514. The summed E-state index contributed by atoms with van der Waals surface area (Å²) in [6, 6.07) is 3.90. The van der Waals surface area contributed by atoms with Gasteiger partial charge >= 0.3 is 0 Å². The number of furan rings is 1. The van der Waals surface area contributed by atoms with Crippen LogP contribution in [0.3, 0.4) is 0 Å². The second kappa shape index (κ2) is 2.52. The average Bonchev–Trinajstić information content (AvgIpc) is 2.19. The van der Waals surface area contributed by atoms with Crippen LogP contribution in [0.4, 0.5) is 0 Å². The zero-order valence-electron chi connectivity index (χ0n) is 4.63. The van der Waals surface area contributed by atoms with E-state index in [2.05, 4.69) is 6.58 Å². The summed E-state index contributed by atoms with van der Waals surface area (Å²) in [5.74, 6) is 0. The van der Waals surface area contributed by atoms with E-state index in [0.29, 0.717) is 0 Å². The normalized spacial score (nSPS) is 10.5. The van der Waals surface area contributed by atoms with Gasteiger partial charge in [0, 0.05) is 0 Å². The van der Waals surface area contributed by atoms with Crippen LogP contribution in [-0.4, -0.2) is 9.52 Å². The molecule has 1 aromatic rings. The fourth-order valence-corrected chi connectivity index (χ4v) is 1.32. The van der Waals surface area contributed by atoms with E-state index in [4.69, 9.17) is 4.42 Å². The molecule has 1 aromatic heterocycles. The van der Waals surface area contributed by atoms with Gasteiger partial charge in [-0.3, -0.25) is 0 Å². The van der Waals surface area contributed by atoms with Gasteiger partial charge in [0.2, 0.25) is 0 Å². The Bertz CT molecular complexity index is 155. The molecule has 1 nitrogen and oxygen atoms in total. The van der Waals surface area contributed by atoms with Crippen LogP contribution in [0.15, 0.2) is 35.1 Å². The molecule has 0 aliphatic carbocycles. The fourth-order valence-electron chi connectivity index (χ4n) is 0.571. The van der Waals surface area contributed by atoms with Crippen LogP contribution in [0.1, 0.15) is 0 Å². The first-order chi connectivity index (χ1) is 3.93. The van der Waals surface area contributed by atoms with Crippen LogP contribution in [0.2, 0.25) is 0 Å². The molecule has 0 aromatic carbocycles. The second-order valence-corrected chi connectivity index (χ2v) is 3.25. The molecule has 0 amide bonds. The molecule has 0 aliphatic rings. The summed E-state index contributed by atoms with van der Waals surface area (Å²) in [7, 11) is -0.262. The summed E-state index contributed by atoms with van der Waals surface area (Å²) in [5.41, 5.74) is 1.96. The van der Waals surface area contributed by atoms with Crippen LogP contribution in [0.25, 0.3) is 0 Å². The molecule has 0 unspecified atom stereocenters. The Morgan fingerprint density at radius 1 is 1.75 bits per heavy atom. The fraction of sp³-hybridized carbons (Fsp3) is 0. The van der Waals surface area contributed by atoms with E-state index in [9.17, 15) is 0 Å². The van der Waals surface area contributed by atoms with E-state index in [0.717, 1.165) is 5.38 Å². The minimum Gasteiger partial charge on any atom is -0.475 e. The second-order valence-electron chi connectivity index (χ2n) is 1.57. The molecule has 1 heterocycles. The molecule has 0 saturated carbocycles. The largest absolute Gasteiger partial charge is 0.475 e. The minimum absolute atomic E-state index is 0.262. The van der Waals surface area contributed by atoms with Crippen LogP contribution in [-0.2, 0) is 0 Å². The maximum Gasteiger partial charge on any atom is 0.123 e. The van der Waals surface area contributed by atoms with Crippen molar-refractivity contribution in [2.75, 3.05) is 0 Å². The van der Waals surface area contributed by atoms with E-state index in [1.807, 2.05) is 17.8 Å². The predicted molar refractivity (Wildman–Crippen MR) is 37.1 cm³/mol. The Labute approximate surface area is 50.8 Å². The van der Waals surface area contributed by atoms with Gasteiger partial charge < -0.3 is 4.42 Å². The first-order valence-electron chi connectivity index (χ1n) is 2.57. The van der Waals surface area contributed by atoms with E-state index in [1.54, 1.807) is 6.26 Å². The molecule has 2 heteroatoms. The molecular formula is C6H8OSi. The van der Waals surface area contributed by atoms with Crippen molar-refractivity contribution in [3.8, 4) is 0 Å². The maximum absolute atomic E-state index is 5.06. The molecule has 0 atom stereocenters. The first kappa shape index (κ1) is 5.38. The van der Waals surface area contributed by atoms with Gasteiger partial charge in [-0.1, -0.05) is 0 Å². The number of rotatable bonds is 2. The molecule has 0 bridgehead atoms. The maximum atomic E-state index is 5.06. The monoisotopic (exact) mass is 124 g/mol. The summed E-state index contributed by atoms with van der Waals surface area (Å²) < 4.78 is 5.06. The molecular weight excluding hydrogens is 116 g/mol. The van der Waals surface area contributed by atoms with Gasteiger partial charge in [0.15, 0.2) is 0 Å². The lowest BCUT2D eigenvalue weighted by atomic mass is 10.7. The van der Waals surface area contributed by atoms with Gasteiger partial charge in [-0.2, -0.15) is 0 Å². The number of hydrogen-bond acceptors (Lipinski definition) is 1. The zero-order chi connectivity index (χ0) is 5.82. The Hall–Kier alpha value is -0.763. The van der Waals surface area contributed by atoms with Crippen molar-refractivity contribution in [2.24, 2.45) is 0 Å². The molecule has 0 aliphatic heterocycles. The van der Waals surface area contributed by atoms with E-state index in [1.165, 1.54) is 0 Å².